The van der Waals surface area contributed by atoms with Crippen molar-refractivity contribution < 1.29 is 23.8 Å². The molecule has 7 nitrogen and oxygen atoms in total. The van der Waals surface area contributed by atoms with Gasteiger partial charge in [0.05, 0.1) is 21.7 Å². The number of rotatable bonds is 6. The van der Waals surface area contributed by atoms with Gasteiger partial charge >= 0.3 is 0 Å². The second-order valence-corrected chi connectivity index (χ2v) is 9.23. The van der Waals surface area contributed by atoms with E-state index in [1.54, 1.807) is 12.1 Å². The maximum absolute atomic E-state index is 13.5. The van der Waals surface area contributed by atoms with Crippen LogP contribution in [0.1, 0.15) is 42.6 Å². The number of aliphatic hydroxyl groups is 1. The number of carbonyl (C=O) groups is 2. The van der Waals surface area contributed by atoms with Crippen molar-refractivity contribution in [3.63, 3.8) is 0 Å². The molecule has 3 saturated carbocycles. The first-order valence-electron chi connectivity index (χ1n) is 10.2. The molecular formula is C22H22Cl2FN3O4. The van der Waals surface area contributed by atoms with Crippen LogP contribution in [0.3, 0.4) is 0 Å². The van der Waals surface area contributed by atoms with E-state index in [0.717, 1.165) is 6.07 Å². The molecule has 1 aromatic carbocycles. The molecule has 1 atom stereocenters. The Bertz CT molecular complexity index is 1030. The van der Waals surface area contributed by atoms with E-state index in [1.165, 1.54) is 18.3 Å². The Labute approximate surface area is 194 Å². The van der Waals surface area contributed by atoms with Crippen LogP contribution in [0.2, 0.25) is 10.0 Å². The zero-order valence-electron chi connectivity index (χ0n) is 17.0. The Morgan fingerprint density at radius 2 is 1.91 bits per heavy atom. The number of fused-ring (bicyclic) bond motifs is 3. The lowest BCUT2D eigenvalue weighted by atomic mass is 9.60. The molecule has 2 bridgehead atoms. The summed E-state index contributed by atoms with van der Waals surface area (Å²) in [6, 6.07) is 7.07. The maximum atomic E-state index is 13.5. The number of nitrogens with zero attached hydrogens (tertiary/aromatic N) is 1. The van der Waals surface area contributed by atoms with E-state index in [0.29, 0.717) is 37.1 Å². The van der Waals surface area contributed by atoms with Crippen molar-refractivity contribution in [2.75, 3.05) is 6.61 Å². The predicted molar refractivity (Wildman–Crippen MR) is 116 cm³/mol. The molecule has 3 N–H and O–H groups in total. The number of ether oxygens (including phenoxy) is 1. The number of pyridine rings is 1. The van der Waals surface area contributed by atoms with Crippen molar-refractivity contribution in [1.82, 2.24) is 15.6 Å². The highest BCUT2D eigenvalue weighted by Gasteiger charge is 2.55. The third-order valence-corrected chi connectivity index (χ3v) is 6.84. The second kappa shape index (κ2) is 8.84. The van der Waals surface area contributed by atoms with Crippen molar-refractivity contribution in [1.29, 1.82) is 0 Å². The van der Waals surface area contributed by atoms with E-state index >= 15 is 0 Å². The Balaban J connectivity index is 1.34. The standard InChI is InChI=1S/C22H22Cl2FN3O4/c23-13-1-4-17(26-11-13)20(31)28-21-5-7-22(8-6-21,18(29)10-21)27-19(30)12-32-14-2-3-15(24)16(25)9-14/h1-4,9,11,18,29H,5-8,10,12H2,(H,27,30)(H,28,31)/t18-,21?,22?/m0/s1. The number of hydrogen-bond acceptors (Lipinski definition) is 5. The van der Waals surface area contributed by atoms with E-state index in [-0.39, 0.29) is 29.0 Å². The summed E-state index contributed by atoms with van der Waals surface area (Å²) >= 11 is 11.5. The highest BCUT2D eigenvalue weighted by atomic mass is 35.5. The molecule has 170 valence electrons. The summed E-state index contributed by atoms with van der Waals surface area (Å²) in [5.41, 5.74) is -1.08. The number of amides is 2. The second-order valence-electron chi connectivity index (χ2n) is 8.38. The molecule has 0 saturated heterocycles. The summed E-state index contributed by atoms with van der Waals surface area (Å²) < 4.78 is 18.9. The number of aromatic nitrogens is 1. The third-order valence-electron chi connectivity index (χ3n) is 6.31. The van der Waals surface area contributed by atoms with Crippen LogP contribution in [-0.4, -0.2) is 45.7 Å². The van der Waals surface area contributed by atoms with Gasteiger partial charge in [0, 0.05) is 17.8 Å². The summed E-state index contributed by atoms with van der Waals surface area (Å²) in [7, 11) is 0. The molecule has 0 aliphatic heterocycles. The molecule has 32 heavy (non-hydrogen) atoms. The van der Waals surface area contributed by atoms with Crippen LogP contribution in [0.25, 0.3) is 0 Å². The number of halogens is 3. The normalized spacial score (nSPS) is 26.4. The minimum atomic E-state index is -0.833. The zero-order valence-corrected chi connectivity index (χ0v) is 18.5. The third kappa shape index (κ3) is 4.67. The van der Waals surface area contributed by atoms with Gasteiger partial charge in [0.25, 0.3) is 11.8 Å². The molecule has 10 heteroatoms. The van der Waals surface area contributed by atoms with Crippen LogP contribution in [0.5, 0.6) is 5.75 Å². The molecule has 5 rings (SSSR count). The topological polar surface area (TPSA) is 101 Å². The van der Waals surface area contributed by atoms with Gasteiger partial charge in [0.1, 0.15) is 17.3 Å². The van der Waals surface area contributed by atoms with E-state index in [1.807, 2.05) is 0 Å². The lowest BCUT2D eigenvalue weighted by Gasteiger charge is -2.56. The van der Waals surface area contributed by atoms with Crippen molar-refractivity contribution in [2.45, 2.75) is 49.3 Å². The first kappa shape index (κ1) is 22.8. The summed E-state index contributed by atoms with van der Waals surface area (Å²) in [5, 5.41) is 17.2. The Morgan fingerprint density at radius 3 is 2.53 bits per heavy atom. The van der Waals surface area contributed by atoms with Crippen LogP contribution in [0.15, 0.2) is 36.5 Å². The quantitative estimate of drug-likeness (QED) is 0.587. The molecular weight excluding hydrogens is 460 g/mol. The van der Waals surface area contributed by atoms with Gasteiger partial charge in [-0.3, -0.25) is 9.59 Å². The van der Waals surface area contributed by atoms with Gasteiger partial charge < -0.3 is 20.5 Å². The number of benzene rings is 1. The van der Waals surface area contributed by atoms with Crippen molar-refractivity contribution in [3.8, 4) is 5.75 Å². The minimum absolute atomic E-state index is 0.0318. The van der Waals surface area contributed by atoms with Crippen molar-refractivity contribution in [2.24, 2.45) is 0 Å². The summed E-state index contributed by atoms with van der Waals surface area (Å²) in [6.45, 7) is -0.320. The molecule has 0 unspecified atom stereocenters. The molecule has 3 aliphatic carbocycles. The van der Waals surface area contributed by atoms with E-state index in [4.69, 9.17) is 27.9 Å². The van der Waals surface area contributed by atoms with E-state index < -0.39 is 28.9 Å². The fraction of sp³-hybridized carbons (Fsp3) is 0.409. The van der Waals surface area contributed by atoms with Crippen molar-refractivity contribution in [3.05, 3.63) is 58.1 Å². The largest absolute Gasteiger partial charge is 0.484 e. The predicted octanol–water partition coefficient (Wildman–Crippen LogP) is 3.27. The summed E-state index contributed by atoms with van der Waals surface area (Å²) in [6.07, 6.45) is 3.11. The van der Waals surface area contributed by atoms with Gasteiger partial charge in [-0.25, -0.2) is 9.37 Å². The number of hydrogen-bond donors (Lipinski definition) is 3. The van der Waals surface area contributed by atoms with Gasteiger partial charge in [-0.15, -0.1) is 0 Å². The molecule has 3 fully saturated rings. The van der Waals surface area contributed by atoms with Gasteiger partial charge in [0.15, 0.2) is 6.61 Å². The first-order valence-corrected chi connectivity index (χ1v) is 11.0. The van der Waals surface area contributed by atoms with Crippen LogP contribution >= 0.6 is 23.2 Å². The molecule has 2 amide bonds. The average molecular weight is 482 g/mol. The maximum Gasteiger partial charge on any atom is 0.270 e. The van der Waals surface area contributed by atoms with E-state index in [2.05, 4.69) is 15.6 Å². The highest BCUT2D eigenvalue weighted by Crippen LogP contribution is 2.47. The van der Waals surface area contributed by atoms with Gasteiger partial charge in [-0.05, 0) is 56.4 Å². The fourth-order valence-electron chi connectivity index (χ4n) is 4.51. The SMILES string of the molecule is O=C(COc1ccc(Cl)c(F)c1)NC12CCC(NC(=O)c3ccc(Cl)cn3)(CC1)C[C@@H]2O. The van der Waals surface area contributed by atoms with Gasteiger partial charge in [0.2, 0.25) is 0 Å². The average Bonchev–Trinajstić information content (AvgIpc) is 2.76. The van der Waals surface area contributed by atoms with E-state index in [9.17, 15) is 19.1 Å². The van der Waals surface area contributed by atoms with Crippen LogP contribution in [0.4, 0.5) is 4.39 Å². The zero-order chi connectivity index (χ0) is 22.9. The Kier molecular flexibility index (Phi) is 6.29. The monoisotopic (exact) mass is 481 g/mol. The molecule has 0 radical (unpaired) electrons. The molecule has 0 spiro atoms. The fourth-order valence-corrected chi connectivity index (χ4v) is 4.74. The lowest BCUT2D eigenvalue weighted by Crippen LogP contribution is -2.70. The van der Waals surface area contributed by atoms with Crippen LogP contribution < -0.4 is 15.4 Å². The summed E-state index contributed by atoms with van der Waals surface area (Å²) in [4.78, 5) is 29.1. The minimum Gasteiger partial charge on any atom is -0.484 e. The smallest absolute Gasteiger partial charge is 0.270 e. The molecule has 2 aromatic rings. The first-order chi connectivity index (χ1) is 15.2. The number of carbonyl (C=O) groups excluding carboxylic acids is 2. The van der Waals surface area contributed by atoms with Crippen LogP contribution in [-0.2, 0) is 4.79 Å². The molecule has 1 heterocycles. The van der Waals surface area contributed by atoms with Gasteiger partial charge in [-0.2, -0.15) is 0 Å². The lowest BCUT2D eigenvalue weighted by molar-refractivity contribution is -0.132. The highest BCUT2D eigenvalue weighted by molar-refractivity contribution is 6.30. The number of aliphatic hydroxyl groups excluding tert-OH is 1. The number of nitrogens with one attached hydrogen (secondary N) is 2. The van der Waals surface area contributed by atoms with Crippen LogP contribution in [0, 0.1) is 5.82 Å². The summed E-state index contributed by atoms with van der Waals surface area (Å²) in [5.74, 6) is -1.19. The van der Waals surface area contributed by atoms with Crippen molar-refractivity contribution >= 4 is 35.0 Å². The Morgan fingerprint density at radius 1 is 1.16 bits per heavy atom. The molecule has 1 aromatic heterocycles. The van der Waals surface area contributed by atoms with Gasteiger partial charge in [-0.1, -0.05) is 23.2 Å². The Hall–Kier alpha value is -2.42. The molecule has 3 aliphatic rings.